The third kappa shape index (κ3) is 4.98. The summed E-state index contributed by atoms with van der Waals surface area (Å²) in [5.74, 6) is 0. The minimum Gasteiger partial charge on any atom is -0.598 e. The SMILES string of the molecule is CN(C)CC(N[S+]([O-])C(C)(C)C)c1ccccc1. The smallest absolute Gasteiger partial charge is 0.136 e. The van der Waals surface area contributed by atoms with Gasteiger partial charge in [-0.1, -0.05) is 30.3 Å². The monoisotopic (exact) mass is 268 g/mol. The molecule has 2 atom stereocenters. The Morgan fingerprint density at radius 2 is 1.78 bits per heavy atom. The minimum absolute atomic E-state index is 0.0845. The van der Waals surface area contributed by atoms with Gasteiger partial charge in [-0.15, -0.1) is 4.72 Å². The first-order valence-electron chi connectivity index (χ1n) is 6.18. The van der Waals surface area contributed by atoms with Crippen molar-refractivity contribution in [1.82, 2.24) is 9.62 Å². The van der Waals surface area contributed by atoms with Crippen LogP contribution < -0.4 is 4.72 Å². The molecule has 0 heterocycles. The van der Waals surface area contributed by atoms with Crippen molar-refractivity contribution in [3.05, 3.63) is 35.9 Å². The third-order valence-corrected chi connectivity index (χ3v) is 4.17. The summed E-state index contributed by atoms with van der Waals surface area (Å²) in [6.45, 7) is 6.77. The normalized spacial score (nSPS) is 15.7. The molecule has 0 spiro atoms. The molecule has 0 amide bonds. The van der Waals surface area contributed by atoms with Gasteiger partial charge >= 0.3 is 0 Å². The Hall–Kier alpha value is -0.550. The van der Waals surface area contributed by atoms with Crippen LogP contribution in [0.5, 0.6) is 0 Å². The van der Waals surface area contributed by atoms with Gasteiger partial charge < -0.3 is 9.45 Å². The number of benzene rings is 1. The summed E-state index contributed by atoms with van der Waals surface area (Å²) in [7, 11) is 4.05. The Labute approximate surface area is 114 Å². The number of hydrogen-bond acceptors (Lipinski definition) is 3. The second-order valence-electron chi connectivity index (χ2n) is 5.72. The average Bonchev–Trinajstić information content (AvgIpc) is 2.27. The summed E-state index contributed by atoms with van der Waals surface area (Å²) in [6, 6.07) is 10.2. The molecule has 1 N–H and O–H groups in total. The molecule has 0 saturated heterocycles. The van der Waals surface area contributed by atoms with Gasteiger partial charge in [0.1, 0.15) is 4.75 Å². The summed E-state index contributed by atoms with van der Waals surface area (Å²) in [4.78, 5) is 2.10. The first kappa shape index (κ1) is 15.5. The van der Waals surface area contributed by atoms with Crippen LogP contribution in [0.1, 0.15) is 32.4 Å². The second kappa shape index (κ2) is 6.57. The van der Waals surface area contributed by atoms with Gasteiger partial charge in [0.15, 0.2) is 0 Å². The van der Waals surface area contributed by atoms with E-state index in [9.17, 15) is 4.55 Å². The quantitative estimate of drug-likeness (QED) is 0.833. The van der Waals surface area contributed by atoms with Crippen LogP contribution in [0.25, 0.3) is 0 Å². The summed E-state index contributed by atoms with van der Waals surface area (Å²) in [5.41, 5.74) is 1.17. The number of nitrogens with zero attached hydrogens (tertiary/aromatic N) is 1. The van der Waals surface area contributed by atoms with E-state index in [1.807, 2.05) is 53.1 Å². The van der Waals surface area contributed by atoms with Gasteiger partial charge in [-0.05, 0) is 40.4 Å². The van der Waals surface area contributed by atoms with Gasteiger partial charge in [-0.2, -0.15) is 0 Å². The van der Waals surface area contributed by atoms with Crippen molar-refractivity contribution >= 4 is 11.4 Å². The molecule has 0 aliphatic carbocycles. The van der Waals surface area contributed by atoms with Crippen molar-refractivity contribution in [2.24, 2.45) is 0 Å². The standard InChI is InChI=1S/C14H24N2OS/c1-14(2,3)18(17)15-13(11-16(4)5)12-9-7-6-8-10-12/h6-10,13,15H,11H2,1-5H3. The van der Waals surface area contributed by atoms with Crippen molar-refractivity contribution in [1.29, 1.82) is 0 Å². The van der Waals surface area contributed by atoms with Crippen LogP contribution in [-0.4, -0.2) is 34.8 Å². The zero-order valence-corrected chi connectivity index (χ0v) is 12.8. The van der Waals surface area contributed by atoms with Gasteiger partial charge in [0, 0.05) is 17.9 Å². The van der Waals surface area contributed by atoms with Crippen LogP contribution in [0.2, 0.25) is 0 Å². The van der Waals surface area contributed by atoms with Gasteiger partial charge in [-0.25, -0.2) is 0 Å². The van der Waals surface area contributed by atoms with E-state index >= 15 is 0 Å². The fourth-order valence-corrected chi connectivity index (χ4v) is 2.39. The van der Waals surface area contributed by atoms with Crippen molar-refractivity contribution < 1.29 is 4.55 Å². The molecule has 3 nitrogen and oxygen atoms in total. The highest BCUT2D eigenvalue weighted by Gasteiger charge is 2.29. The van der Waals surface area contributed by atoms with Gasteiger partial charge in [0.2, 0.25) is 0 Å². The number of likely N-dealkylation sites (N-methyl/N-ethyl adjacent to an activating group) is 1. The Balaban J connectivity index is 2.80. The summed E-state index contributed by atoms with van der Waals surface area (Å²) in [5, 5.41) is 0. The van der Waals surface area contributed by atoms with E-state index in [1.54, 1.807) is 0 Å². The third-order valence-electron chi connectivity index (χ3n) is 2.56. The molecular weight excluding hydrogens is 244 g/mol. The molecule has 1 aromatic rings. The maximum absolute atomic E-state index is 12.2. The lowest BCUT2D eigenvalue weighted by Gasteiger charge is -2.29. The Kier molecular flexibility index (Phi) is 5.66. The molecular formula is C14H24N2OS. The minimum atomic E-state index is -1.06. The van der Waals surface area contributed by atoms with Gasteiger partial charge in [-0.3, -0.25) is 0 Å². The molecule has 0 aromatic heterocycles. The Bertz CT molecular complexity index is 349. The largest absolute Gasteiger partial charge is 0.598 e. The highest BCUT2D eigenvalue weighted by molar-refractivity contribution is 7.90. The molecule has 102 valence electrons. The van der Waals surface area contributed by atoms with Crippen LogP contribution >= 0.6 is 0 Å². The molecule has 0 bridgehead atoms. The molecule has 2 unspecified atom stereocenters. The van der Waals surface area contributed by atoms with E-state index in [2.05, 4.69) is 21.8 Å². The summed E-state index contributed by atoms with van der Waals surface area (Å²) < 4.78 is 15.2. The Morgan fingerprint density at radius 1 is 1.22 bits per heavy atom. The maximum Gasteiger partial charge on any atom is 0.136 e. The summed E-state index contributed by atoms with van der Waals surface area (Å²) in [6.07, 6.45) is 0. The van der Waals surface area contributed by atoms with Crippen LogP contribution in [-0.2, 0) is 11.4 Å². The zero-order valence-electron chi connectivity index (χ0n) is 11.9. The lowest BCUT2D eigenvalue weighted by atomic mass is 10.1. The van der Waals surface area contributed by atoms with Gasteiger partial charge in [0.05, 0.1) is 6.04 Å². The fourth-order valence-electron chi connectivity index (χ4n) is 1.57. The number of hydrogen-bond donors (Lipinski definition) is 1. The molecule has 0 saturated carbocycles. The molecule has 1 aromatic carbocycles. The predicted molar refractivity (Wildman–Crippen MR) is 78.8 cm³/mol. The molecule has 4 heteroatoms. The first-order valence-corrected chi connectivity index (χ1v) is 7.33. The molecule has 0 radical (unpaired) electrons. The van der Waals surface area contributed by atoms with Crippen molar-refractivity contribution in [2.75, 3.05) is 20.6 Å². The van der Waals surface area contributed by atoms with Crippen molar-refractivity contribution in [3.8, 4) is 0 Å². The van der Waals surface area contributed by atoms with Crippen molar-refractivity contribution in [2.45, 2.75) is 31.6 Å². The second-order valence-corrected chi connectivity index (χ2v) is 7.72. The highest BCUT2D eigenvalue weighted by Crippen LogP contribution is 2.20. The van der Waals surface area contributed by atoms with Crippen LogP contribution in [0.15, 0.2) is 30.3 Å². The van der Waals surface area contributed by atoms with E-state index in [1.165, 1.54) is 5.56 Å². The maximum atomic E-state index is 12.2. The number of nitrogens with one attached hydrogen (secondary N) is 1. The average molecular weight is 268 g/mol. The molecule has 1 rings (SSSR count). The molecule has 0 fully saturated rings. The predicted octanol–water partition coefficient (Wildman–Crippen LogP) is 2.34. The van der Waals surface area contributed by atoms with Crippen LogP contribution in [0.4, 0.5) is 0 Å². The van der Waals surface area contributed by atoms with E-state index in [0.29, 0.717) is 0 Å². The summed E-state index contributed by atoms with van der Waals surface area (Å²) >= 11 is -1.06. The number of rotatable bonds is 5. The van der Waals surface area contributed by atoms with E-state index < -0.39 is 11.4 Å². The van der Waals surface area contributed by atoms with E-state index in [0.717, 1.165) is 6.54 Å². The molecule has 18 heavy (non-hydrogen) atoms. The molecule has 0 aliphatic rings. The Morgan fingerprint density at radius 3 is 2.22 bits per heavy atom. The highest BCUT2D eigenvalue weighted by atomic mass is 32.2. The van der Waals surface area contributed by atoms with Gasteiger partial charge in [0.25, 0.3) is 0 Å². The van der Waals surface area contributed by atoms with E-state index in [4.69, 9.17) is 0 Å². The van der Waals surface area contributed by atoms with E-state index in [-0.39, 0.29) is 10.8 Å². The lowest BCUT2D eigenvalue weighted by molar-refractivity contribution is 0.361. The van der Waals surface area contributed by atoms with Crippen molar-refractivity contribution in [3.63, 3.8) is 0 Å². The zero-order chi connectivity index (χ0) is 13.8. The lowest BCUT2D eigenvalue weighted by Crippen LogP contribution is -2.43. The fraction of sp³-hybridized carbons (Fsp3) is 0.571. The molecule has 0 aliphatic heterocycles. The van der Waals surface area contributed by atoms with Crippen LogP contribution in [0.3, 0.4) is 0 Å². The topological polar surface area (TPSA) is 38.3 Å². The van der Waals surface area contributed by atoms with Crippen LogP contribution in [0, 0.1) is 0 Å². The first-order chi connectivity index (χ1) is 8.30.